The Balaban J connectivity index is 0. The Bertz CT molecular complexity index is 25.6. The molecule has 0 saturated heterocycles. The SMILES string of the molecule is BNC=O.[NaH]. The van der Waals surface area contributed by atoms with E-state index >= 15 is 0 Å². The van der Waals surface area contributed by atoms with Crippen LogP contribution in [0.2, 0.25) is 0 Å². The summed E-state index contributed by atoms with van der Waals surface area (Å²) in [5.41, 5.74) is 0. The van der Waals surface area contributed by atoms with Crippen molar-refractivity contribution in [3.05, 3.63) is 0 Å². The molecule has 0 rings (SSSR count). The summed E-state index contributed by atoms with van der Waals surface area (Å²) < 4.78 is 0. The molecule has 0 unspecified atom stereocenters. The molecule has 2 nitrogen and oxygen atoms in total. The first-order chi connectivity index (χ1) is 1.91. The van der Waals surface area contributed by atoms with Gasteiger partial charge in [0.15, 0.2) is 6.41 Å². The zero-order chi connectivity index (χ0) is 3.41. The minimum atomic E-state index is 0. The van der Waals surface area contributed by atoms with Crippen LogP contribution in [0.4, 0.5) is 0 Å². The average molecular weight is 80.9 g/mol. The minimum absolute atomic E-state index is 0. The van der Waals surface area contributed by atoms with Gasteiger partial charge in [-0.25, -0.2) is 0 Å². The predicted octanol–water partition coefficient (Wildman–Crippen LogP) is -2.37. The number of nitrogens with one attached hydrogen (secondary N) is 1. The van der Waals surface area contributed by atoms with Crippen molar-refractivity contribution >= 4 is 43.9 Å². The molecule has 0 aliphatic heterocycles. The molecule has 1 amide bonds. The van der Waals surface area contributed by atoms with Crippen LogP contribution < -0.4 is 5.23 Å². The molecular weight excluding hydrogens is 75.8 g/mol. The van der Waals surface area contributed by atoms with Crippen LogP contribution >= 0.6 is 0 Å². The van der Waals surface area contributed by atoms with E-state index in [-0.39, 0.29) is 29.6 Å². The van der Waals surface area contributed by atoms with Crippen molar-refractivity contribution in [1.29, 1.82) is 0 Å². The quantitative estimate of drug-likeness (QED) is 0.277. The van der Waals surface area contributed by atoms with Crippen LogP contribution in [0.15, 0.2) is 0 Å². The summed E-state index contributed by atoms with van der Waals surface area (Å²) in [6.07, 6.45) is 0.625. The number of rotatable bonds is 1. The van der Waals surface area contributed by atoms with Gasteiger partial charge in [-0.05, 0) is 0 Å². The molecule has 0 bridgehead atoms. The molecule has 0 atom stereocenters. The first kappa shape index (κ1) is 9.11. The van der Waals surface area contributed by atoms with Gasteiger partial charge in [0.05, 0.1) is 0 Å². The van der Waals surface area contributed by atoms with Crippen molar-refractivity contribution in [1.82, 2.24) is 5.23 Å². The number of carbonyl (C=O) groups is 1. The summed E-state index contributed by atoms with van der Waals surface area (Å²) >= 11 is 0. The number of amides is 1. The van der Waals surface area contributed by atoms with Gasteiger partial charge in [-0.15, -0.1) is 0 Å². The van der Waals surface area contributed by atoms with Gasteiger partial charge in [0.1, 0.15) is 0 Å². The van der Waals surface area contributed by atoms with E-state index in [1.165, 1.54) is 0 Å². The van der Waals surface area contributed by atoms with Crippen molar-refractivity contribution < 1.29 is 4.79 Å². The van der Waals surface area contributed by atoms with Crippen LogP contribution in [0, 0.1) is 0 Å². The number of hydrogen-bond donors (Lipinski definition) is 1. The van der Waals surface area contributed by atoms with Gasteiger partial charge in [-0.1, -0.05) is 0 Å². The van der Waals surface area contributed by atoms with Crippen molar-refractivity contribution in [2.24, 2.45) is 0 Å². The fourth-order valence-electron chi connectivity index (χ4n) is 0. The Hall–Kier alpha value is 0.535. The van der Waals surface area contributed by atoms with Crippen LogP contribution in [0.3, 0.4) is 0 Å². The van der Waals surface area contributed by atoms with Crippen LogP contribution in [-0.4, -0.2) is 43.9 Å². The average Bonchev–Trinajstić information content (AvgIpc) is 1.37. The molecule has 0 aromatic carbocycles. The molecule has 0 radical (unpaired) electrons. The van der Waals surface area contributed by atoms with Gasteiger partial charge < -0.3 is 5.23 Å². The summed E-state index contributed by atoms with van der Waals surface area (Å²) in [6.45, 7) is 0. The summed E-state index contributed by atoms with van der Waals surface area (Å²) in [5.74, 6) is 0. The summed E-state index contributed by atoms with van der Waals surface area (Å²) in [7, 11) is 1.56. The maximum atomic E-state index is 9.06. The van der Waals surface area contributed by atoms with E-state index < -0.39 is 0 Å². The van der Waals surface area contributed by atoms with Crippen LogP contribution in [-0.2, 0) is 4.79 Å². The first-order valence-electron chi connectivity index (χ1n) is 1.02. The molecule has 0 aromatic heterocycles. The van der Waals surface area contributed by atoms with E-state index in [0.717, 1.165) is 0 Å². The van der Waals surface area contributed by atoms with E-state index in [1.54, 1.807) is 7.98 Å². The van der Waals surface area contributed by atoms with Gasteiger partial charge in [-0.3, -0.25) is 4.79 Å². The van der Waals surface area contributed by atoms with E-state index in [4.69, 9.17) is 4.79 Å². The Morgan fingerprint density at radius 3 is 2.00 bits per heavy atom. The summed E-state index contributed by atoms with van der Waals surface area (Å²) in [6, 6.07) is 0. The topological polar surface area (TPSA) is 29.1 Å². The molecule has 0 aliphatic rings. The van der Waals surface area contributed by atoms with Gasteiger partial charge in [0.2, 0.25) is 7.98 Å². The van der Waals surface area contributed by atoms with Gasteiger partial charge in [-0.2, -0.15) is 0 Å². The third-order valence-corrected chi connectivity index (χ3v) is 0.118. The number of hydrogen-bond acceptors (Lipinski definition) is 1. The summed E-state index contributed by atoms with van der Waals surface area (Å²) in [5, 5.41) is 2.25. The molecular formula is CH5BNNaO. The third-order valence-electron chi connectivity index (χ3n) is 0.118. The fourth-order valence-corrected chi connectivity index (χ4v) is 0. The molecule has 0 heterocycles. The zero-order valence-corrected chi connectivity index (χ0v) is 2.49. The monoisotopic (exact) mass is 81.0 g/mol. The molecule has 0 fully saturated rings. The zero-order valence-electron chi connectivity index (χ0n) is 2.49. The third kappa shape index (κ3) is 12.4. The van der Waals surface area contributed by atoms with Gasteiger partial charge in [0.25, 0.3) is 0 Å². The fraction of sp³-hybridized carbons (Fsp3) is 0. The van der Waals surface area contributed by atoms with Crippen molar-refractivity contribution in [3.8, 4) is 0 Å². The second-order valence-electron chi connectivity index (χ2n) is 0.407. The van der Waals surface area contributed by atoms with Crippen molar-refractivity contribution in [3.63, 3.8) is 0 Å². The van der Waals surface area contributed by atoms with Crippen molar-refractivity contribution in [2.45, 2.75) is 0 Å². The van der Waals surface area contributed by atoms with Crippen molar-refractivity contribution in [2.75, 3.05) is 0 Å². The van der Waals surface area contributed by atoms with Crippen LogP contribution in [0.1, 0.15) is 0 Å². The predicted molar refractivity (Wildman–Crippen MR) is 24.9 cm³/mol. The molecule has 4 heteroatoms. The second-order valence-corrected chi connectivity index (χ2v) is 0.407. The molecule has 0 aliphatic carbocycles. The van der Waals surface area contributed by atoms with E-state index in [0.29, 0.717) is 6.41 Å². The normalized spacial score (nSPS) is 4.00. The maximum absolute atomic E-state index is 9.06. The Kier molecular flexibility index (Phi) is 16.1. The summed E-state index contributed by atoms with van der Waals surface area (Å²) in [4.78, 5) is 9.06. The van der Waals surface area contributed by atoms with Crippen LogP contribution in [0.25, 0.3) is 0 Å². The van der Waals surface area contributed by atoms with Gasteiger partial charge in [0, 0.05) is 0 Å². The Morgan fingerprint density at radius 1 is 1.80 bits per heavy atom. The van der Waals surface area contributed by atoms with E-state index in [9.17, 15) is 0 Å². The molecule has 5 heavy (non-hydrogen) atoms. The molecule has 0 saturated carbocycles. The molecule has 0 aromatic rings. The second kappa shape index (κ2) is 8.82. The Morgan fingerprint density at radius 2 is 2.00 bits per heavy atom. The molecule has 0 spiro atoms. The molecule has 24 valence electrons. The standard InChI is InChI=1S/CH4BNO.Na.H/c2-3-1-4;;/h1H,2H2,(H,3,4);;. The number of carbonyl (C=O) groups excluding carboxylic acids is 1. The first-order valence-corrected chi connectivity index (χ1v) is 1.02. The molecule has 1 N–H and O–H groups in total. The van der Waals surface area contributed by atoms with E-state index in [1.807, 2.05) is 0 Å². The van der Waals surface area contributed by atoms with Crippen LogP contribution in [0.5, 0.6) is 0 Å². The van der Waals surface area contributed by atoms with E-state index in [2.05, 4.69) is 5.23 Å². The Labute approximate surface area is 54.0 Å². The van der Waals surface area contributed by atoms with Gasteiger partial charge >= 0.3 is 29.6 Å².